The van der Waals surface area contributed by atoms with E-state index in [0.717, 1.165) is 44.0 Å². The summed E-state index contributed by atoms with van der Waals surface area (Å²) in [6, 6.07) is 5.80. The lowest BCUT2D eigenvalue weighted by Crippen LogP contribution is -2.45. The lowest BCUT2D eigenvalue weighted by molar-refractivity contribution is 0.310. The van der Waals surface area contributed by atoms with Gasteiger partial charge >= 0.3 is 0 Å². The summed E-state index contributed by atoms with van der Waals surface area (Å²) in [6.07, 6.45) is 5.09. The van der Waals surface area contributed by atoms with Gasteiger partial charge in [-0.05, 0) is 50.6 Å². The Bertz CT molecular complexity index is 1150. The van der Waals surface area contributed by atoms with Gasteiger partial charge in [0.05, 0.1) is 11.6 Å². The van der Waals surface area contributed by atoms with Crippen LogP contribution in [0.1, 0.15) is 25.0 Å². The molecular formula is C24H27ClN6O. The van der Waals surface area contributed by atoms with Gasteiger partial charge in [0, 0.05) is 37.8 Å². The number of rotatable bonds is 4. The molecule has 1 saturated heterocycles. The lowest BCUT2D eigenvalue weighted by Gasteiger charge is -2.32. The van der Waals surface area contributed by atoms with E-state index >= 15 is 0 Å². The van der Waals surface area contributed by atoms with Crippen LogP contribution in [-0.2, 0) is 6.42 Å². The number of halogens is 1. The van der Waals surface area contributed by atoms with Gasteiger partial charge in [-0.3, -0.25) is 4.99 Å². The summed E-state index contributed by atoms with van der Waals surface area (Å²) in [5, 5.41) is 3.93. The van der Waals surface area contributed by atoms with Crippen LogP contribution < -0.4 is 15.0 Å². The molecule has 0 amide bonds. The summed E-state index contributed by atoms with van der Waals surface area (Å²) < 4.78 is 6.20. The molecule has 0 bridgehead atoms. The molecule has 2 aliphatic heterocycles. The van der Waals surface area contributed by atoms with E-state index < -0.39 is 0 Å². The van der Waals surface area contributed by atoms with E-state index in [9.17, 15) is 0 Å². The Labute approximate surface area is 193 Å². The summed E-state index contributed by atoms with van der Waals surface area (Å²) in [5.41, 5.74) is 4.77. The number of aliphatic imine (C=N–C) groups is 1. The largest absolute Gasteiger partial charge is 0.437 e. The van der Waals surface area contributed by atoms with Crippen LogP contribution in [0.3, 0.4) is 0 Å². The highest BCUT2D eigenvalue weighted by Gasteiger charge is 2.21. The minimum Gasteiger partial charge on any atom is -0.437 e. The van der Waals surface area contributed by atoms with E-state index in [-0.39, 0.29) is 0 Å². The van der Waals surface area contributed by atoms with Crippen molar-refractivity contribution in [3.05, 3.63) is 51.6 Å². The fraction of sp³-hybridized carbons (Fsp3) is 0.375. The number of ether oxygens (including phenoxy) is 1. The van der Waals surface area contributed by atoms with E-state index in [2.05, 4.69) is 53.1 Å². The van der Waals surface area contributed by atoms with Crippen molar-refractivity contribution in [3.8, 4) is 11.6 Å². The van der Waals surface area contributed by atoms with Crippen LogP contribution in [0.25, 0.3) is 6.08 Å². The second-order valence-corrected chi connectivity index (χ2v) is 9.10. The van der Waals surface area contributed by atoms with Crippen LogP contribution in [0.4, 0.5) is 11.8 Å². The third kappa shape index (κ3) is 4.36. The molecule has 3 aliphatic rings. The Morgan fingerprint density at radius 1 is 1.03 bits per heavy atom. The highest BCUT2D eigenvalue weighted by Crippen LogP contribution is 2.39. The van der Waals surface area contributed by atoms with Gasteiger partial charge in [0.1, 0.15) is 17.4 Å². The van der Waals surface area contributed by atoms with Crippen molar-refractivity contribution in [2.75, 3.05) is 50.0 Å². The van der Waals surface area contributed by atoms with Crippen molar-refractivity contribution in [3.63, 3.8) is 0 Å². The number of fused-ring (bicyclic) bond motifs is 1. The van der Waals surface area contributed by atoms with Gasteiger partial charge in [0.2, 0.25) is 11.8 Å². The molecule has 0 atom stereocenters. The molecule has 0 radical (unpaired) electrons. The number of piperazine rings is 1. The Balaban J connectivity index is 1.46. The van der Waals surface area contributed by atoms with E-state index in [1.807, 2.05) is 12.1 Å². The Kier molecular flexibility index (Phi) is 5.61. The fourth-order valence-electron chi connectivity index (χ4n) is 4.13. The fourth-order valence-corrected chi connectivity index (χ4v) is 4.41. The average Bonchev–Trinajstić information content (AvgIpc) is 3.35. The standard InChI is InChI=1S/C24H27ClN6O/c1-15-10-17-4-5-19(23(25)18(17)11-15)32-22-13-21(27-20-12-16(2)14-26-20)28-24(29-22)31-8-6-30(3)7-9-31/h4-5,11-13H,6-10,14H2,1-3H3,(H,26,27,28,29). The molecule has 0 spiro atoms. The molecule has 166 valence electrons. The number of hydrogen-bond donors (Lipinski definition) is 1. The van der Waals surface area contributed by atoms with Crippen molar-refractivity contribution < 1.29 is 4.74 Å². The highest BCUT2D eigenvalue weighted by atomic mass is 35.5. The zero-order valence-corrected chi connectivity index (χ0v) is 19.4. The van der Waals surface area contributed by atoms with Gasteiger partial charge in [-0.25, -0.2) is 0 Å². The van der Waals surface area contributed by atoms with Gasteiger partial charge in [0.25, 0.3) is 0 Å². The van der Waals surface area contributed by atoms with Crippen LogP contribution in [0.2, 0.25) is 5.02 Å². The van der Waals surface area contributed by atoms with E-state index in [1.165, 1.54) is 16.7 Å². The van der Waals surface area contributed by atoms with Gasteiger partial charge in [-0.2, -0.15) is 9.97 Å². The number of nitrogens with zero attached hydrogens (tertiary/aromatic N) is 5. The number of aromatic nitrogens is 2. The van der Waals surface area contributed by atoms with Crippen molar-refractivity contribution >= 4 is 35.3 Å². The van der Waals surface area contributed by atoms with Gasteiger partial charge < -0.3 is 19.9 Å². The Hall–Kier alpha value is -2.90. The molecule has 1 aromatic heterocycles. The molecule has 0 unspecified atom stereocenters. The average molecular weight is 451 g/mol. The summed E-state index contributed by atoms with van der Waals surface area (Å²) in [7, 11) is 2.13. The van der Waals surface area contributed by atoms with Gasteiger partial charge in [-0.1, -0.05) is 29.3 Å². The first-order chi connectivity index (χ1) is 15.4. The summed E-state index contributed by atoms with van der Waals surface area (Å²) >= 11 is 6.70. The normalized spacial score (nSPS) is 18.2. The molecule has 1 aromatic carbocycles. The number of nitrogens with one attached hydrogen (secondary N) is 1. The molecule has 5 rings (SSSR count). The highest BCUT2D eigenvalue weighted by molar-refractivity contribution is 6.33. The zero-order valence-electron chi connectivity index (χ0n) is 18.7. The summed E-state index contributed by atoms with van der Waals surface area (Å²) in [4.78, 5) is 18.5. The molecule has 7 nitrogen and oxygen atoms in total. The van der Waals surface area contributed by atoms with E-state index in [4.69, 9.17) is 26.3 Å². The quantitative estimate of drug-likeness (QED) is 0.744. The second-order valence-electron chi connectivity index (χ2n) is 8.72. The maximum atomic E-state index is 6.70. The maximum Gasteiger partial charge on any atom is 0.230 e. The first-order valence-electron chi connectivity index (χ1n) is 10.9. The summed E-state index contributed by atoms with van der Waals surface area (Å²) in [5.74, 6) is 3.15. The van der Waals surface area contributed by atoms with Crippen molar-refractivity contribution in [2.45, 2.75) is 20.3 Å². The van der Waals surface area contributed by atoms with Crippen molar-refractivity contribution in [1.29, 1.82) is 0 Å². The third-order valence-corrected chi connectivity index (χ3v) is 6.31. The number of allylic oxidation sites excluding steroid dienone is 1. The second kappa shape index (κ2) is 8.56. The van der Waals surface area contributed by atoms with Crippen LogP contribution in [0.15, 0.2) is 40.4 Å². The molecule has 0 saturated carbocycles. The predicted octanol–water partition coefficient (Wildman–Crippen LogP) is 4.40. The smallest absolute Gasteiger partial charge is 0.230 e. The van der Waals surface area contributed by atoms with E-state index in [1.54, 1.807) is 6.07 Å². The molecular weight excluding hydrogens is 424 g/mol. The minimum absolute atomic E-state index is 0.455. The molecule has 1 fully saturated rings. The van der Waals surface area contributed by atoms with Crippen molar-refractivity contribution in [1.82, 2.24) is 14.9 Å². The lowest BCUT2D eigenvalue weighted by atomic mass is 10.1. The third-order valence-electron chi connectivity index (χ3n) is 5.92. The maximum absolute atomic E-state index is 6.70. The SMILES string of the molecule is CC1=CC(Nc2cc(Oc3ccc4c(c3Cl)C=C(C)C4)nc(N3CCN(C)CC3)n2)=NC1. The van der Waals surface area contributed by atoms with Crippen LogP contribution in [-0.4, -0.2) is 60.5 Å². The number of anilines is 2. The van der Waals surface area contributed by atoms with Gasteiger partial charge in [0.15, 0.2) is 0 Å². The van der Waals surface area contributed by atoms with E-state index in [0.29, 0.717) is 35.0 Å². The monoisotopic (exact) mass is 450 g/mol. The number of benzene rings is 1. The first kappa shape index (κ1) is 21.0. The first-order valence-corrected chi connectivity index (χ1v) is 11.3. The number of likely N-dealkylation sites (N-methyl/N-ethyl adjacent to an activating group) is 1. The minimum atomic E-state index is 0.455. The molecule has 3 heterocycles. The topological polar surface area (TPSA) is 65.9 Å². The Morgan fingerprint density at radius 3 is 2.59 bits per heavy atom. The van der Waals surface area contributed by atoms with Gasteiger partial charge in [-0.15, -0.1) is 0 Å². The van der Waals surface area contributed by atoms with Crippen LogP contribution in [0, 0.1) is 0 Å². The molecule has 1 N–H and O–H groups in total. The molecule has 32 heavy (non-hydrogen) atoms. The predicted molar refractivity (Wildman–Crippen MR) is 130 cm³/mol. The summed E-state index contributed by atoms with van der Waals surface area (Å²) in [6.45, 7) is 8.55. The number of hydrogen-bond acceptors (Lipinski definition) is 7. The van der Waals surface area contributed by atoms with Crippen LogP contribution in [0.5, 0.6) is 11.6 Å². The van der Waals surface area contributed by atoms with Crippen molar-refractivity contribution in [2.24, 2.45) is 4.99 Å². The zero-order chi connectivity index (χ0) is 22.2. The number of amidine groups is 1. The molecule has 2 aromatic rings. The molecule has 1 aliphatic carbocycles. The van der Waals surface area contributed by atoms with Crippen LogP contribution >= 0.6 is 11.6 Å². The molecule has 8 heteroatoms. The Morgan fingerprint density at radius 2 is 1.84 bits per heavy atom.